The predicted octanol–water partition coefficient (Wildman–Crippen LogP) is 1.20. The Morgan fingerprint density at radius 2 is 2.00 bits per heavy atom. The topological polar surface area (TPSA) is 32.3 Å². The molecule has 11 heavy (non-hydrogen) atoms. The number of urea groups is 1. The van der Waals surface area contributed by atoms with E-state index in [-0.39, 0.29) is 11.6 Å². The molecule has 1 spiro atoms. The van der Waals surface area contributed by atoms with Crippen molar-refractivity contribution in [3.63, 3.8) is 0 Å². The zero-order valence-electron chi connectivity index (χ0n) is 7.48. The van der Waals surface area contributed by atoms with Gasteiger partial charge in [0.05, 0.1) is 5.54 Å². The molecule has 0 atom stereocenters. The predicted molar refractivity (Wildman–Crippen MR) is 44.5 cm³/mol. The molecule has 3 heteroatoms. The fourth-order valence-electron chi connectivity index (χ4n) is 1.32. The number of nitrogens with zero attached hydrogens (tertiary/aromatic N) is 1. The summed E-state index contributed by atoms with van der Waals surface area (Å²) in [5.41, 5.74) is 0.214. The fraction of sp³-hybridized carbons (Fsp3) is 0.875. The summed E-state index contributed by atoms with van der Waals surface area (Å²) in [5, 5.41) is 2.94. The first-order valence-corrected chi connectivity index (χ1v) is 4.25. The van der Waals surface area contributed by atoms with Gasteiger partial charge in [0.2, 0.25) is 0 Å². The van der Waals surface area contributed by atoms with Gasteiger partial charge in [-0.1, -0.05) is 13.8 Å². The molecule has 0 radical (unpaired) electrons. The highest BCUT2D eigenvalue weighted by Gasteiger charge is 2.50. The number of likely N-dealkylation sites (N-methyl/N-ethyl adjacent to an activating group) is 1. The van der Waals surface area contributed by atoms with Gasteiger partial charge in [-0.25, -0.2) is 4.79 Å². The van der Waals surface area contributed by atoms with Gasteiger partial charge in [-0.15, -0.1) is 0 Å². The summed E-state index contributed by atoms with van der Waals surface area (Å²) in [5.74, 6) is 0. The van der Waals surface area contributed by atoms with E-state index in [2.05, 4.69) is 5.32 Å². The van der Waals surface area contributed by atoms with E-state index in [1.807, 2.05) is 20.9 Å². The summed E-state index contributed by atoms with van der Waals surface area (Å²) in [6.07, 6.45) is 2.34. The minimum atomic E-state index is 0.0903. The number of nitrogens with one attached hydrogen (secondary N) is 1. The maximum atomic E-state index is 10.8. The second kappa shape index (κ2) is 2.72. The number of rotatable bonds is 0. The molecule has 0 aromatic heterocycles. The SMILES string of the molecule is CC.CN1CC2(CC2)NC1=O. The lowest BCUT2D eigenvalue weighted by Crippen LogP contribution is -2.28. The molecule has 0 unspecified atom stereocenters. The summed E-state index contributed by atoms with van der Waals surface area (Å²) >= 11 is 0. The standard InChI is InChI=1S/C6H10N2O.C2H6/c1-8-4-6(2-3-6)7-5(8)9;1-2/h2-4H2,1H3,(H,7,9);1-2H3. The molecular weight excluding hydrogens is 140 g/mol. The van der Waals surface area contributed by atoms with Crippen molar-refractivity contribution in [3.8, 4) is 0 Å². The van der Waals surface area contributed by atoms with Crippen molar-refractivity contribution < 1.29 is 4.79 Å². The van der Waals surface area contributed by atoms with Crippen LogP contribution in [0.1, 0.15) is 26.7 Å². The van der Waals surface area contributed by atoms with Crippen molar-refractivity contribution >= 4 is 6.03 Å². The second-order valence-corrected chi connectivity index (χ2v) is 3.07. The van der Waals surface area contributed by atoms with E-state index in [1.165, 1.54) is 12.8 Å². The first-order valence-electron chi connectivity index (χ1n) is 4.25. The minimum absolute atomic E-state index is 0.0903. The highest BCUT2D eigenvalue weighted by molar-refractivity contribution is 5.78. The van der Waals surface area contributed by atoms with Crippen molar-refractivity contribution in [1.29, 1.82) is 0 Å². The highest BCUT2D eigenvalue weighted by atomic mass is 16.2. The Kier molecular flexibility index (Phi) is 2.07. The largest absolute Gasteiger partial charge is 0.331 e. The molecule has 1 saturated carbocycles. The molecule has 3 nitrogen and oxygen atoms in total. The van der Waals surface area contributed by atoms with Gasteiger partial charge in [-0.05, 0) is 12.8 Å². The first-order chi connectivity index (χ1) is 5.22. The zero-order chi connectivity index (χ0) is 8.48. The molecule has 0 bridgehead atoms. The third-order valence-corrected chi connectivity index (χ3v) is 2.11. The van der Waals surface area contributed by atoms with Gasteiger partial charge in [0.25, 0.3) is 0 Å². The molecule has 64 valence electrons. The molecular formula is C8H16N2O. The zero-order valence-corrected chi connectivity index (χ0v) is 7.48. The summed E-state index contributed by atoms with van der Waals surface area (Å²) in [7, 11) is 1.84. The van der Waals surface area contributed by atoms with Crippen LogP contribution in [0, 0.1) is 0 Å². The molecule has 1 N–H and O–H groups in total. The van der Waals surface area contributed by atoms with Crippen molar-refractivity contribution in [2.24, 2.45) is 0 Å². The molecule has 0 aromatic carbocycles. The lowest BCUT2D eigenvalue weighted by Gasteiger charge is -2.03. The maximum absolute atomic E-state index is 10.8. The Balaban J connectivity index is 0.000000281. The maximum Gasteiger partial charge on any atom is 0.317 e. The van der Waals surface area contributed by atoms with Gasteiger partial charge in [-0.2, -0.15) is 0 Å². The second-order valence-electron chi connectivity index (χ2n) is 3.07. The summed E-state index contributed by atoms with van der Waals surface area (Å²) in [6.45, 7) is 4.91. The lowest BCUT2D eigenvalue weighted by atomic mass is 10.3. The van der Waals surface area contributed by atoms with Crippen LogP contribution in [-0.4, -0.2) is 30.1 Å². The van der Waals surface area contributed by atoms with Crippen LogP contribution in [0.25, 0.3) is 0 Å². The molecule has 0 aromatic rings. The van der Waals surface area contributed by atoms with Gasteiger partial charge < -0.3 is 10.2 Å². The van der Waals surface area contributed by atoms with Crippen LogP contribution in [0.5, 0.6) is 0 Å². The van der Waals surface area contributed by atoms with Crippen molar-refractivity contribution in [2.45, 2.75) is 32.2 Å². The molecule has 2 aliphatic rings. The van der Waals surface area contributed by atoms with E-state index < -0.39 is 0 Å². The van der Waals surface area contributed by atoms with E-state index in [4.69, 9.17) is 0 Å². The smallest absolute Gasteiger partial charge is 0.317 e. The van der Waals surface area contributed by atoms with E-state index in [1.54, 1.807) is 4.90 Å². The third kappa shape index (κ3) is 1.47. The van der Waals surface area contributed by atoms with Gasteiger partial charge in [0, 0.05) is 13.6 Å². The van der Waals surface area contributed by atoms with Crippen LogP contribution in [0.3, 0.4) is 0 Å². The van der Waals surface area contributed by atoms with Crippen LogP contribution in [0.15, 0.2) is 0 Å². The molecule has 1 aliphatic carbocycles. The van der Waals surface area contributed by atoms with Crippen LogP contribution in [-0.2, 0) is 0 Å². The number of carbonyl (C=O) groups is 1. The summed E-state index contributed by atoms with van der Waals surface area (Å²) in [6, 6.07) is 0.0903. The average Bonchev–Trinajstić information content (AvgIpc) is 2.66. The van der Waals surface area contributed by atoms with Crippen LogP contribution >= 0.6 is 0 Å². The van der Waals surface area contributed by atoms with E-state index in [0.29, 0.717) is 0 Å². The first kappa shape index (κ1) is 8.37. The Morgan fingerprint density at radius 1 is 1.45 bits per heavy atom. The van der Waals surface area contributed by atoms with E-state index in [9.17, 15) is 4.79 Å². The Labute approximate surface area is 67.8 Å². The number of hydrogen-bond donors (Lipinski definition) is 1. The average molecular weight is 156 g/mol. The molecule has 1 saturated heterocycles. The van der Waals surface area contributed by atoms with Crippen LogP contribution in [0.4, 0.5) is 4.79 Å². The molecule has 2 rings (SSSR count). The van der Waals surface area contributed by atoms with Crippen molar-refractivity contribution in [1.82, 2.24) is 10.2 Å². The van der Waals surface area contributed by atoms with Gasteiger partial charge >= 0.3 is 6.03 Å². The fourth-order valence-corrected chi connectivity index (χ4v) is 1.32. The van der Waals surface area contributed by atoms with Gasteiger partial charge in [0.15, 0.2) is 0 Å². The monoisotopic (exact) mass is 156 g/mol. The van der Waals surface area contributed by atoms with Gasteiger partial charge in [0.1, 0.15) is 0 Å². The minimum Gasteiger partial charge on any atom is -0.331 e. The van der Waals surface area contributed by atoms with Crippen LogP contribution < -0.4 is 5.32 Å². The number of carbonyl (C=O) groups excluding carboxylic acids is 1. The van der Waals surface area contributed by atoms with Gasteiger partial charge in [-0.3, -0.25) is 0 Å². The lowest BCUT2D eigenvalue weighted by molar-refractivity contribution is 0.226. The Hall–Kier alpha value is -0.730. The highest BCUT2D eigenvalue weighted by Crippen LogP contribution is 2.38. The molecule has 2 amide bonds. The number of hydrogen-bond acceptors (Lipinski definition) is 1. The quantitative estimate of drug-likeness (QED) is 0.561. The third-order valence-electron chi connectivity index (χ3n) is 2.11. The van der Waals surface area contributed by atoms with Crippen molar-refractivity contribution in [3.05, 3.63) is 0 Å². The van der Waals surface area contributed by atoms with E-state index >= 15 is 0 Å². The normalized spacial score (nSPS) is 24.3. The molecule has 1 aliphatic heterocycles. The summed E-state index contributed by atoms with van der Waals surface area (Å²) < 4.78 is 0. The van der Waals surface area contributed by atoms with E-state index in [0.717, 1.165) is 6.54 Å². The van der Waals surface area contributed by atoms with Crippen LogP contribution in [0.2, 0.25) is 0 Å². The Morgan fingerprint density at radius 3 is 2.18 bits per heavy atom. The Bertz CT molecular complexity index is 163. The number of amides is 2. The van der Waals surface area contributed by atoms with Crippen molar-refractivity contribution in [2.75, 3.05) is 13.6 Å². The molecule has 2 fully saturated rings. The molecule has 1 heterocycles. The summed E-state index contributed by atoms with van der Waals surface area (Å²) in [4.78, 5) is 12.6.